The Kier molecular flexibility index (Phi) is 3.68. The maximum Gasteiger partial charge on any atom is 0.115 e. The van der Waals surface area contributed by atoms with Crippen molar-refractivity contribution in [2.45, 2.75) is 6.04 Å². The highest BCUT2D eigenvalue weighted by atomic mass is 79.9. The normalized spacial score (nSPS) is 12.8. The van der Waals surface area contributed by atoms with Crippen LogP contribution in [0.15, 0.2) is 22.7 Å². The van der Waals surface area contributed by atoms with E-state index in [2.05, 4.69) is 15.9 Å². The second-order valence-corrected chi connectivity index (χ2v) is 3.42. The summed E-state index contributed by atoms with van der Waals surface area (Å²) in [5.74, 6) is 0.0897. The number of hydroxylamine groups is 1. The summed E-state index contributed by atoms with van der Waals surface area (Å²) in [6.07, 6.45) is 0. The molecule has 0 aromatic heterocycles. The van der Waals surface area contributed by atoms with E-state index in [4.69, 9.17) is 15.4 Å². The fourth-order valence-electron chi connectivity index (χ4n) is 1.01. The van der Waals surface area contributed by atoms with E-state index in [0.29, 0.717) is 10.0 Å². The summed E-state index contributed by atoms with van der Waals surface area (Å²) < 4.78 is 0.714. The lowest BCUT2D eigenvalue weighted by atomic mass is 10.1. The monoisotopic (exact) mass is 247 g/mol. The van der Waals surface area contributed by atoms with Gasteiger partial charge in [-0.3, -0.25) is 0 Å². The average molecular weight is 248 g/mol. The van der Waals surface area contributed by atoms with Crippen LogP contribution in [0.25, 0.3) is 0 Å². The van der Waals surface area contributed by atoms with Gasteiger partial charge in [-0.05, 0) is 23.8 Å². The summed E-state index contributed by atoms with van der Waals surface area (Å²) in [6, 6.07) is 4.03. The van der Waals surface area contributed by atoms with Crippen molar-refractivity contribution in [3.63, 3.8) is 0 Å². The molecule has 1 aromatic rings. The van der Waals surface area contributed by atoms with E-state index >= 15 is 0 Å². The first-order chi connectivity index (χ1) is 6.19. The van der Waals surface area contributed by atoms with Crippen LogP contribution in [0.2, 0.25) is 0 Å². The van der Waals surface area contributed by atoms with Crippen LogP contribution in [0.4, 0.5) is 0 Å². The van der Waals surface area contributed by atoms with Crippen molar-refractivity contribution in [1.29, 1.82) is 0 Å². The lowest BCUT2D eigenvalue weighted by Gasteiger charge is -2.14. The van der Waals surface area contributed by atoms with Crippen LogP contribution in [0.3, 0.4) is 0 Å². The lowest BCUT2D eigenvalue weighted by molar-refractivity contribution is 0.0902. The van der Waals surface area contributed by atoms with Gasteiger partial charge in [0, 0.05) is 4.47 Å². The first-order valence-corrected chi connectivity index (χ1v) is 4.47. The Bertz CT molecular complexity index is 289. The molecule has 0 bridgehead atoms. The summed E-state index contributed by atoms with van der Waals surface area (Å²) in [5.41, 5.74) is 2.55. The van der Waals surface area contributed by atoms with Crippen LogP contribution < -0.4 is 5.48 Å². The van der Waals surface area contributed by atoms with Crippen molar-refractivity contribution >= 4 is 15.9 Å². The molecule has 0 unspecified atom stereocenters. The van der Waals surface area contributed by atoms with Gasteiger partial charge in [-0.2, -0.15) is 5.48 Å². The van der Waals surface area contributed by atoms with E-state index in [9.17, 15) is 0 Å². The SMILES string of the molecule is OC[C@@H](NO)c1cc(O)ccc1Br. The molecule has 0 amide bonds. The highest BCUT2D eigenvalue weighted by Crippen LogP contribution is 2.26. The molecular formula is C8H10BrNO3. The van der Waals surface area contributed by atoms with Crippen LogP contribution in [0.5, 0.6) is 5.75 Å². The van der Waals surface area contributed by atoms with E-state index in [1.165, 1.54) is 12.1 Å². The number of nitrogens with one attached hydrogen (secondary N) is 1. The molecular weight excluding hydrogens is 238 g/mol. The Labute approximate surface area is 83.9 Å². The standard InChI is InChI=1S/C8H10BrNO3/c9-7-2-1-5(12)3-6(7)8(4-11)10-13/h1-3,8,10-13H,4H2/t8-/m1/s1. The van der Waals surface area contributed by atoms with Gasteiger partial charge in [0.25, 0.3) is 0 Å². The maximum atomic E-state index is 9.17. The van der Waals surface area contributed by atoms with Gasteiger partial charge in [-0.15, -0.1) is 0 Å². The molecule has 72 valence electrons. The van der Waals surface area contributed by atoms with Crippen LogP contribution >= 0.6 is 15.9 Å². The highest BCUT2D eigenvalue weighted by Gasteiger charge is 2.12. The zero-order chi connectivity index (χ0) is 9.84. The van der Waals surface area contributed by atoms with Gasteiger partial charge in [0.2, 0.25) is 0 Å². The van der Waals surface area contributed by atoms with Gasteiger partial charge in [-0.1, -0.05) is 15.9 Å². The number of aliphatic hydroxyl groups is 1. The number of hydrogen-bond donors (Lipinski definition) is 4. The van der Waals surface area contributed by atoms with E-state index < -0.39 is 6.04 Å². The van der Waals surface area contributed by atoms with Crippen molar-refractivity contribution in [3.05, 3.63) is 28.2 Å². The van der Waals surface area contributed by atoms with Crippen molar-refractivity contribution in [2.24, 2.45) is 0 Å². The van der Waals surface area contributed by atoms with E-state index in [0.717, 1.165) is 0 Å². The number of phenols is 1. The number of aromatic hydroxyl groups is 1. The lowest BCUT2D eigenvalue weighted by Crippen LogP contribution is -2.20. The van der Waals surface area contributed by atoms with Gasteiger partial charge in [0.1, 0.15) is 5.75 Å². The summed E-state index contributed by atoms with van der Waals surface area (Å²) in [6.45, 7) is -0.251. The smallest absolute Gasteiger partial charge is 0.115 e. The fraction of sp³-hybridized carbons (Fsp3) is 0.250. The molecule has 4 nitrogen and oxygen atoms in total. The summed E-state index contributed by atoms with van der Waals surface area (Å²) >= 11 is 3.24. The molecule has 1 aromatic carbocycles. The van der Waals surface area contributed by atoms with Crippen LogP contribution in [0, 0.1) is 0 Å². The number of hydrogen-bond acceptors (Lipinski definition) is 4. The quantitative estimate of drug-likeness (QED) is 0.606. The largest absolute Gasteiger partial charge is 0.508 e. The molecule has 0 aliphatic rings. The predicted octanol–water partition coefficient (Wildman–Crippen LogP) is 1.17. The summed E-state index contributed by atoms with van der Waals surface area (Å²) in [4.78, 5) is 0. The molecule has 0 radical (unpaired) electrons. The van der Waals surface area contributed by atoms with E-state index in [1.54, 1.807) is 6.07 Å². The second kappa shape index (κ2) is 4.57. The van der Waals surface area contributed by atoms with E-state index in [1.807, 2.05) is 5.48 Å². The molecule has 0 fully saturated rings. The van der Waals surface area contributed by atoms with Gasteiger partial charge < -0.3 is 15.4 Å². The molecule has 0 saturated heterocycles. The van der Waals surface area contributed by atoms with Gasteiger partial charge >= 0.3 is 0 Å². The number of phenolic OH excluding ortho intramolecular Hbond substituents is 1. The third-order valence-corrected chi connectivity index (χ3v) is 2.42. The minimum absolute atomic E-state index is 0.0897. The van der Waals surface area contributed by atoms with E-state index in [-0.39, 0.29) is 12.4 Å². The Morgan fingerprint density at radius 3 is 2.69 bits per heavy atom. The number of halogens is 1. The number of rotatable bonds is 3. The minimum atomic E-state index is -0.596. The zero-order valence-electron chi connectivity index (χ0n) is 6.74. The summed E-state index contributed by atoms with van der Waals surface area (Å²) in [7, 11) is 0. The minimum Gasteiger partial charge on any atom is -0.508 e. The Balaban J connectivity index is 3.03. The maximum absolute atomic E-state index is 9.17. The third kappa shape index (κ3) is 2.41. The van der Waals surface area contributed by atoms with Crippen molar-refractivity contribution in [1.82, 2.24) is 5.48 Å². The third-order valence-electron chi connectivity index (χ3n) is 1.69. The first kappa shape index (κ1) is 10.5. The predicted molar refractivity (Wildman–Crippen MR) is 50.6 cm³/mol. The van der Waals surface area contributed by atoms with Gasteiger partial charge in [0.05, 0.1) is 12.6 Å². The first-order valence-electron chi connectivity index (χ1n) is 3.68. The molecule has 0 heterocycles. The topological polar surface area (TPSA) is 72.7 Å². The molecule has 5 heteroatoms. The number of benzene rings is 1. The molecule has 0 aliphatic carbocycles. The Morgan fingerprint density at radius 1 is 1.46 bits per heavy atom. The molecule has 1 atom stereocenters. The van der Waals surface area contributed by atoms with Crippen molar-refractivity contribution in [3.8, 4) is 5.75 Å². The molecule has 4 N–H and O–H groups in total. The average Bonchev–Trinajstić information content (AvgIpc) is 2.13. The molecule has 0 aliphatic heterocycles. The van der Waals surface area contributed by atoms with Crippen LogP contribution in [-0.2, 0) is 0 Å². The number of aliphatic hydroxyl groups excluding tert-OH is 1. The summed E-state index contributed by atoms with van der Waals surface area (Å²) in [5, 5.41) is 26.7. The Morgan fingerprint density at radius 2 is 2.15 bits per heavy atom. The van der Waals surface area contributed by atoms with Gasteiger partial charge in [-0.25, -0.2) is 0 Å². The van der Waals surface area contributed by atoms with Crippen LogP contribution in [0.1, 0.15) is 11.6 Å². The fourth-order valence-corrected chi connectivity index (χ4v) is 1.53. The zero-order valence-corrected chi connectivity index (χ0v) is 8.32. The second-order valence-electron chi connectivity index (χ2n) is 2.57. The van der Waals surface area contributed by atoms with Crippen molar-refractivity contribution in [2.75, 3.05) is 6.61 Å². The van der Waals surface area contributed by atoms with Gasteiger partial charge in [0.15, 0.2) is 0 Å². The molecule has 13 heavy (non-hydrogen) atoms. The molecule has 0 saturated carbocycles. The van der Waals surface area contributed by atoms with Crippen LogP contribution in [-0.4, -0.2) is 22.0 Å². The van der Waals surface area contributed by atoms with Crippen molar-refractivity contribution < 1.29 is 15.4 Å². The highest BCUT2D eigenvalue weighted by molar-refractivity contribution is 9.10. The Hall–Kier alpha value is -0.620. The molecule has 1 rings (SSSR count). The molecule has 0 spiro atoms.